The molecule has 19 heavy (non-hydrogen) atoms. The molecule has 3 heteroatoms. The summed E-state index contributed by atoms with van der Waals surface area (Å²) in [5.74, 6) is 0. The van der Waals surface area contributed by atoms with Gasteiger partial charge < -0.3 is 10.4 Å². The third-order valence-electron chi connectivity index (χ3n) is 3.88. The lowest BCUT2D eigenvalue weighted by atomic mass is 10.1. The number of nitriles is 1. The SMILES string of the molecule is N#Cc1ccc(C(O)CNC2CCCCCC2)cc1. The fraction of sp³-hybridized carbons (Fsp3) is 0.562. The van der Waals surface area contributed by atoms with Crippen LogP contribution in [0.1, 0.15) is 55.8 Å². The summed E-state index contributed by atoms with van der Waals surface area (Å²) in [5, 5.41) is 22.4. The lowest BCUT2D eigenvalue weighted by Crippen LogP contribution is -2.32. The topological polar surface area (TPSA) is 56.0 Å². The van der Waals surface area contributed by atoms with Gasteiger partial charge in [-0.05, 0) is 30.5 Å². The highest BCUT2D eigenvalue weighted by Gasteiger charge is 2.14. The van der Waals surface area contributed by atoms with E-state index in [1.165, 1.54) is 38.5 Å². The van der Waals surface area contributed by atoms with E-state index in [2.05, 4.69) is 11.4 Å². The van der Waals surface area contributed by atoms with Crippen LogP contribution in [0, 0.1) is 11.3 Å². The summed E-state index contributed by atoms with van der Waals surface area (Å²) in [6.45, 7) is 0.594. The molecule has 0 radical (unpaired) electrons. The van der Waals surface area contributed by atoms with Gasteiger partial charge in [0.2, 0.25) is 0 Å². The van der Waals surface area contributed by atoms with Crippen LogP contribution in [-0.4, -0.2) is 17.7 Å². The molecule has 1 aromatic carbocycles. The zero-order chi connectivity index (χ0) is 13.5. The minimum absolute atomic E-state index is 0.490. The predicted octanol–water partition coefficient (Wildman–Crippen LogP) is 2.90. The standard InChI is InChI=1S/C16H22N2O/c17-11-13-7-9-14(10-8-13)16(19)12-18-15-5-3-1-2-4-6-15/h7-10,15-16,18-19H,1-6,12H2. The van der Waals surface area contributed by atoms with Gasteiger partial charge >= 0.3 is 0 Å². The number of rotatable bonds is 4. The Hall–Kier alpha value is -1.37. The zero-order valence-corrected chi connectivity index (χ0v) is 11.3. The Labute approximate surface area is 115 Å². The van der Waals surface area contributed by atoms with E-state index < -0.39 is 6.10 Å². The van der Waals surface area contributed by atoms with Crippen LogP contribution in [0.15, 0.2) is 24.3 Å². The summed E-state index contributed by atoms with van der Waals surface area (Å²) in [4.78, 5) is 0. The molecular formula is C16H22N2O. The molecule has 0 spiro atoms. The van der Waals surface area contributed by atoms with Gasteiger partial charge in [0, 0.05) is 12.6 Å². The van der Waals surface area contributed by atoms with E-state index in [0.29, 0.717) is 18.2 Å². The minimum atomic E-state index is -0.490. The molecule has 1 atom stereocenters. The number of benzene rings is 1. The second-order valence-electron chi connectivity index (χ2n) is 5.35. The molecule has 1 aliphatic carbocycles. The number of nitrogens with one attached hydrogen (secondary N) is 1. The molecule has 1 unspecified atom stereocenters. The lowest BCUT2D eigenvalue weighted by molar-refractivity contribution is 0.168. The van der Waals surface area contributed by atoms with Crippen molar-refractivity contribution < 1.29 is 5.11 Å². The zero-order valence-electron chi connectivity index (χ0n) is 11.3. The van der Waals surface area contributed by atoms with Crippen LogP contribution < -0.4 is 5.32 Å². The molecular weight excluding hydrogens is 236 g/mol. The molecule has 0 aromatic heterocycles. The van der Waals surface area contributed by atoms with Crippen LogP contribution >= 0.6 is 0 Å². The molecule has 1 saturated carbocycles. The highest BCUT2D eigenvalue weighted by atomic mass is 16.3. The third-order valence-corrected chi connectivity index (χ3v) is 3.88. The Morgan fingerprint density at radius 2 is 1.79 bits per heavy atom. The maximum Gasteiger partial charge on any atom is 0.0991 e. The fourth-order valence-electron chi connectivity index (χ4n) is 2.66. The van der Waals surface area contributed by atoms with Crippen molar-refractivity contribution in [3.8, 4) is 6.07 Å². The van der Waals surface area contributed by atoms with Crippen LogP contribution in [0.4, 0.5) is 0 Å². The van der Waals surface area contributed by atoms with Crippen molar-refractivity contribution in [3.63, 3.8) is 0 Å². The van der Waals surface area contributed by atoms with Crippen molar-refractivity contribution in [2.45, 2.75) is 50.7 Å². The van der Waals surface area contributed by atoms with E-state index in [-0.39, 0.29) is 0 Å². The largest absolute Gasteiger partial charge is 0.387 e. The molecule has 0 aliphatic heterocycles. The van der Waals surface area contributed by atoms with Gasteiger partial charge in [0.15, 0.2) is 0 Å². The van der Waals surface area contributed by atoms with E-state index >= 15 is 0 Å². The van der Waals surface area contributed by atoms with E-state index in [4.69, 9.17) is 5.26 Å². The lowest BCUT2D eigenvalue weighted by Gasteiger charge is -2.19. The van der Waals surface area contributed by atoms with Crippen LogP contribution in [0.25, 0.3) is 0 Å². The van der Waals surface area contributed by atoms with Gasteiger partial charge in [-0.15, -0.1) is 0 Å². The van der Waals surface area contributed by atoms with Crippen molar-refractivity contribution in [3.05, 3.63) is 35.4 Å². The van der Waals surface area contributed by atoms with E-state index in [0.717, 1.165) is 5.56 Å². The van der Waals surface area contributed by atoms with Crippen molar-refractivity contribution >= 4 is 0 Å². The Balaban J connectivity index is 1.82. The van der Waals surface area contributed by atoms with Gasteiger partial charge in [-0.2, -0.15) is 5.26 Å². The highest BCUT2D eigenvalue weighted by molar-refractivity contribution is 5.32. The van der Waals surface area contributed by atoms with E-state index in [9.17, 15) is 5.11 Å². The second kappa shape index (κ2) is 7.28. The number of aliphatic hydroxyl groups is 1. The number of hydrogen-bond acceptors (Lipinski definition) is 3. The van der Waals surface area contributed by atoms with Crippen LogP contribution in [0.3, 0.4) is 0 Å². The molecule has 0 heterocycles. The van der Waals surface area contributed by atoms with Crippen molar-refractivity contribution in [2.24, 2.45) is 0 Å². The average Bonchev–Trinajstić information content (AvgIpc) is 2.73. The van der Waals surface area contributed by atoms with Gasteiger partial charge in [0.1, 0.15) is 0 Å². The molecule has 1 aliphatic rings. The van der Waals surface area contributed by atoms with E-state index in [1.54, 1.807) is 12.1 Å². The molecule has 1 fully saturated rings. The first-order valence-corrected chi connectivity index (χ1v) is 7.21. The monoisotopic (exact) mass is 258 g/mol. The van der Waals surface area contributed by atoms with E-state index in [1.807, 2.05) is 12.1 Å². The number of aliphatic hydroxyl groups excluding tert-OH is 1. The van der Waals surface area contributed by atoms with Crippen molar-refractivity contribution in [1.82, 2.24) is 5.32 Å². The van der Waals surface area contributed by atoms with Gasteiger partial charge in [-0.1, -0.05) is 37.8 Å². The van der Waals surface area contributed by atoms with Gasteiger partial charge in [-0.3, -0.25) is 0 Å². The summed E-state index contributed by atoms with van der Waals surface area (Å²) in [6, 6.07) is 9.81. The fourth-order valence-corrected chi connectivity index (χ4v) is 2.66. The molecule has 1 aromatic rings. The molecule has 0 saturated heterocycles. The first-order valence-electron chi connectivity index (χ1n) is 7.21. The normalized spacial score (nSPS) is 18.5. The van der Waals surface area contributed by atoms with Crippen LogP contribution in [0.2, 0.25) is 0 Å². The molecule has 0 amide bonds. The average molecular weight is 258 g/mol. The smallest absolute Gasteiger partial charge is 0.0991 e. The molecule has 102 valence electrons. The minimum Gasteiger partial charge on any atom is -0.387 e. The Kier molecular flexibility index (Phi) is 5.38. The van der Waals surface area contributed by atoms with Gasteiger partial charge in [0.05, 0.1) is 17.7 Å². The quantitative estimate of drug-likeness (QED) is 0.816. The molecule has 0 bridgehead atoms. The number of hydrogen-bond donors (Lipinski definition) is 2. The van der Waals surface area contributed by atoms with Crippen molar-refractivity contribution in [2.75, 3.05) is 6.54 Å². The van der Waals surface area contributed by atoms with Gasteiger partial charge in [-0.25, -0.2) is 0 Å². The van der Waals surface area contributed by atoms with Gasteiger partial charge in [0.25, 0.3) is 0 Å². The molecule has 3 nitrogen and oxygen atoms in total. The second-order valence-corrected chi connectivity index (χ2v) is 5.35. The summed E-state index contributed by atoms with van der Waals surface area (Å²) in [5.41, 5.74) is 1.51. The first-order chi connectivity index (χ1) is 9.29. The summed E-state index contributed by atoms with van der Waals surface area (Å²) < 4.78 is 0. The maximum absolute atomic E-state index is 10.1. The van der Waals surface area contributed by atoms with Crippen LogP contribution in [-0.2, 0) is 0 Å². The first kappa shape index (κ1) is 14.0. The third kappa shape index (κ3) is 4.34. The Morgan fingerprint density at radius 3 is 2.37 bits per heavy atom. The summed E-state index contributed by atoms with van der Waals surface area (Å²) >= 11 is 0. The highest BCUT2D eigenvalue weighted by Crippen LogP contribution is 2.18. The maximum atomic E-state index is 10.1. The van der Waals surface area contributed by atoms with Crippen LogP contribution in [0.5, 0.6) is 0 Å². The van der Waals surface area contributed by atoms with Crippen molar-refractivity contribution in [1.29, 1.82) is 5.26 Å². The Morgan fingerprint density at radius 1 is 1.16 bits per heavy atom. The molecule has 2 N–H and O–H groups in total. The number of nitrogens with zero attached hydrogens (tertiary/aromatic N) is 1. The summed E-state index contributed by atoms with van der Waals surface area (Å²) in [6.07, 6.45) is 7.23. The predicted molar refractivity (Wildman–Crippen MR) is 75.6 cm³/mol. The Bertz CT molecular complexity index is 413. The molecule has 2 rings (SSSR count). The summed E-state index contributed by atoms with van der Waals surface area (Å²) in [7, 11) is 0.